The van der Waals surface area contributed by atoms with Gasteiger partial charge in [-0.1, -0.05) is 46.3 Å². The normalized spacial score (nSPS) is 10.6. The maximum atomic E-state index is 13.8. The van der Waals surface area contributed by atoms with E-state index in [9.17, 15) is 4.39 Å². The van der Waals surface area contributed by atoms with Crippen molar-refractivity contribution in [1.82, 2.24) is 5.32 Å². The van der Waals surface area contributed by atoms with Gasteiger partial charge in [0.05, 0.1) is 14.2 Å². The zero-order valence-electron chi connectivity index (χ0n) is 16.4. The van der Waals surface area contributed by atoms with E-state index in [0.29, 0.717) is 23.6 Å². The molecule has 29 heavy (non-hydrogen) atoms. The monoisotopic (exact) mass is 459 g/mol. The first-order valence-electron chi connectivity index (χ1n) is 9.17. The zero-order valence-corrected chi connectivity index (χ0v) is 18.0. The maximum Gasteiger partial charge on any atom is 0.162 e. The van der Waals surface area contributed by atoms with Gasteiger partial charge in [0.15, 0.2) is 11.5 Å². The van der Waals surface area contributed by atoms with Gasteiger partial charge in [0.2, 0.25) is 0 Å². The fourth-order valence-corrected chi connectivity index (χ4v) is 3.30. The highest BCUT2D eigenvalue weighted by Gasteiger charge is 2.12. The van der Waals surface area contributed by atoms with Crippen molar-refractivity contribution < 1.29 is 18.6 Å². The summed E-state index contributed by atoms with van der Waals surface area (Å²) in [6.07, 6.45) is 0. The van der Waals surface area contributed by atoms with Crippen molar-refractivity contribution in [3.05, 3.63) is 87.6 Å². The lowest BCUT2D eigenvalue weighted by Gasteiger charge is -2.15. The predicted octanol–water partition coefficient (Wildman–Crippen LogP) is 5.47. The summed E-state index contributed by atoms with van der Waals surface area (Å²) in [6, 6.07) is 18.3. The summed E-state index contributed by atoms with van der Waals surface area (Å²) in [5, 5.41) is 3.42. The van der Waals surface area contributed by atoms with E-state index in [1.54, 1.807) is 32.4 Å². The Morgan fingerprint density at radius 1 is 0.862 bits per heavy atom. The summed E-state index contributed by atoms with van der Waals surface area (Å²) in [6.45, 7) is 1.51. The van der Waals surface area contributed by atoms with E-state index in [1.807, 2.05) is 36.4 Å². The molecular weight excluding hydrogens is 437 g/mol. The Morgan fingerprint density at radius 3 is 2.31 bits per heavy atom. The molecule has 0 saturated carbocycles. The lowest BCUT2D eigenvalue weighted by molar-refractivity contribution is 0.279. The van der Waals surface area contributed by atoms with E-state index in [4.69, 9.17) is 14.2 Å². The number of benzene rings is 3. The Morgan fingerprint density at radius 2 is 1.62 bits per heavy atom. The molecule has 3 rings (SSSR count). The molecule has 0 aliphatic carbocycles. The van der Waals surface area contributed by atoms with E-state index >= 15 is 0 Å². The standard InChI is InChI=1S/C23H23BrFNO3/c1-27-19-9-7-16(8-10-19)13-26-14-18-11-22(28-2)23(12-20(18)24)29-15-17-5-3-4-6-21(17)25/h3-12,26H,13-15H2,1-2H3. The van der Waals surface area contributed by atoms with Crippen LogP contribution in [0.5, 0.6) is 17.2 Å². The number of nitrogens with one attached hydrogen (secondary N) is 1. The molecule has 152 valence electrons. The van der Waals surface area contributed by atoms with Crippen LogP contribution in [-0.4, -0.2) is 14.2 Å². The van der Waals surface area contributed by atoms with Crippen LogP contribution in [0.2, 0.25) is 0 Å². The SMILES string of the molecule is COc1ccc(CNCc2cc(OC)c(OCc3ccccc3F)cc2Br)cc1. The molecule has 0 aromatic heterocycles. The first-order valence-corrected chi connectivity index (χ1v) is 9.96. The fraction of sp³-hybridized carbons (Fsp3) is 0.217. The molecule has 0 aliphatic rings. The molecule has 0 unspecified atom stereocenters. The Bertz CT molecular complexity index is 947. The largest absolute Gasteiger partial charge is 0.497 e. The molecule has 0 heterocycles. The van der Waals surface area contributed by atoms with Gasteiger partial charge in [-0.25, -0.2) is 4.39 Å². The molecule has 0 bridgehead atoms. The minimum absolute atomic E-state index is 0.130. The van der Waals surface area contributed by atoms with Gasteiger partial charge in [-0.05, 0) is 41.5 Å². The average molecular weight is 460 g/mol. The maximum absolute atomic E-state index is 13.8. The molecule has 1 N–H and O–H groups in total. The third-order valence-corrected chi connectivity index (χ3v) is 5.22. The van der Waals surface area contributed by atoms with Gasteiger partial charge >= 0.3 is 0 Å². The van der Waals surface area contributed by atoms with E-state index in [0.717, 1.165) is 22.3 Å². The minimum atomic E-state index is -0.287. The highest BCUT2D eigenvalue weighted by molar-refractivity contribution is 9.10. The van der Waals surface area contributed by atoms with Crippen LogP contribution in [0.3, 0.4) is 0 Å². The topological polar surface area (TPSA) is 39.7 Å². The van der Waals surface area contributed by atoms with Crippen LogP contribution in [-0.2, 0) is 19.7 Å². The zero-order chi connectivity index (χ0) is 20.6. The van der Waals surface area contributed by atoms with Crippen molar-refractivity contribution in [2.45, 2.75) is 19.7 Å². The summed E-state index contributed by atoms with van der Waals surface area (Å²) in [4.78, 5) is 0. The molecule has 0 aliphatic heterocycles. The van der Waals surface area contributed by atoms with Gasteiger partial charge in [-0.3, -0.25) is 0 Å². The third kappa shape index (κ3) is 5.71. The van der Waals surface area contributed by atoms with Crippen molar-refractivity contribution in [2.24, 2.45) is 0 Å². The van der Waals surface area contributed by atoms with Crippen molar-refractivity contribution >= 4 is 15.9 Å². The van der Waals surface area contributed by atoms with E-state index in [1.165, 1.54) is 11.6 Å². The highest BCUT2D eigenvalue weighted by atomic mass is 79.9. The van der Waals surface area contributed by atoms with Gasteiger partial charge in [-0.2, -0.15) is 0 Å². The van der Waals surface area contributed by atoms with Gasteiger partial charge in [0.1, 0.15) is 18.2 Å². The molecule has 6 heteroatoms. The van der Waals surface area contributed by atoms with Gasteiger partial charge in [0.25, 0.3) is 0 Å². The lowest BCUT2D eigenvalue weighted by atomic mass is 10.1. The summed E-state index contributed by atoms with van der Waals surface area (Å²) in [5.74, 6) is 1.71. The summed E-state index contributed by atoms with van der Waals surface area (Å²) < 4.78 is 31.1. The average Bonchev–Trinajstić information content (AvgIpc) is 2.75. The van der Waals surface area contributed by atoms with E-state index in [2.05, 4.69) is 21.2 Å². The van der Waals surface area contributed by atoms with Crippen molar-refractivity contribution in [1.29, 1.82) is 0 Å². The molecule has 3 aromatic carbocycles. The Labute approximate surface area is 178 Å². The number of ether oxygens (including phenoxy) is 3. The molecule has 0 spiro atoms. The summed E-state index contributed by atoms with van der Waals surface area (Å²) >= 11 is 3.59. The van der Waals surface area contributed by atoms with E-state index < -0.39 is 0 Å². The van der Waals surface area contributed by atoms with Gasteiger partial charge in [-0.15, -0.1) is 0 Å². The first-order chi connectivity index (χ1) is 14.1. The van der Waals surface area contributed by atoms with Crippen LogP contribution >= 0.6 is 15.9 Å². The highest BCUT2D eigenvalue weighted by Crippen LogP contribution is 2.34. The van der Waals surface area contributed by atoms with Crippen molar-refractivity contribution in [3.63, 3.8) is 0 Å². The number of hydrogen-bond acceptors (Lipinski definition) is 4. The van der Waals surface area contributed by atoms with Gasteiger partial charge < -0.3 is 19.5 Å². The Hall–Kier alpha value is -2.57. The second-order valence-electron chi connectivity index (χ2n) is 6.43. The molecular formula is C23H23BrFNO3. The second-order valence-corrected chi connectivity index (χ2v) is 7.28. The molecule has 0 atom stereocenters. The van der Waals surface area contributed by atoms with Crippen LogP contribution in [0.15, 0.2) is 65.1 Å². The first kappa shape index (κ1) is 21.1. The molecule has 0 saturated heterocycles. The molecule has 0 fully saturated rings. The molecule has 0 radical (unpaired) electrons. The molecule has 3 aromatic rings. The third-order valence-electron chi connectivity index (χ3n) is 4.48. The smallest absolute Gasteiger partial charge is 0.162 e. The predicted molar refractivity (Wildman–Crippen MR) is 115 cm³/mol. The fourth-order valence-electron chi connectivity index (χ4n) is 2.84. The van der Waals surface area contributed by atoms with Crippen LogP contribution in [0.25, 0.3) is 0 Å². The Balaban J connectivity index is 1.63. The van der Waals surface area contributed by atoms with Crippen molar-refractivity contribution in [2.75, 3.05) is 14.2 Å². The van der Waals surface area contributed by atoms with Crippen LogP contribution in [0.4, 0.5) is 4.39 Å². The van der Waals surface area contributed by atoms with Gasteiger partial charge in [0, 0.05) is 23.1 Å². The number of methoxy groups -OCH3 is 2. The number of halogens is 2. The van der Waals surface area contributed by atoms with Crippen molar-refractivity contribution in [3.8, 4) is 17.2 Å². The quantitative estimate of drug-likeness (QED) is 0.460. The second kappa shape index (κ2) is 10.3. The van der Waals surface area contributed by atoms with E-state index in [-0.39, 0.29) is 12.4 Å². The Kier molecular flexibility index (Phi) is 7.49. The van der Waals surface area contributed by atoms with Crippen LogP contribution < -0.4 is 19.5 Å². The molecule has 4 nitrogen and oxygen atoms in total. The minimum Gasteiger partial charge on any atom is -0.497 e. The summed E-state index contributed by atoms with van der Waals surface area (Å²) in [7, 11) is 3.25. The van der Waals surface area contributed by atoms with Crippen LogP contribution in [0.1, 0.15) is 16.7 Å². The van der Waals surface area contributed by atoms with Crippen LogP contribution in [0, 0.1) is 5.82 Å². The molecule has 0 amide bonds. The number of hydrogen-bond donors (Lipinski definition) is 1. The summed E-state index contributed by atoms with van der Waals surface area (Å²) in [5.41, 5.74) is 2.70. The number of rotatable bonds is 9. The lowest BCUT2D eigenvalue weighted by Crippen LogP contribution is -2.13.